The minimum atomic E-state index is -0.493. The molecule has 28 heavy (non-hydrogen) atoms. The number of carbonyl (C=O) groups excluding carboxylic acids is 1. The van der Waals surface area contributed by atoms with Gasteiger partial charge in [-0.3, -0.25) is 4.79 Å². The number of halogens is 2. The van der Waals surface area contributed by atoms with Crippen molar-refractivity contribution >= 4 is 33.4 Å². The van der Waals surface area contributed by atoms with E-state index in [0.717, 1.165) is 10.0 Å². The van der Waals surface area contributed by atoms with E-state index in [9.17, 15) is 4.79 Å². The molecule has 1 N–H and O–H groups in total. The Morgan fingerprint density at radius 2 is 2.07 bits per heavy atom. The van der Waals surface area contributed by atoms with Crippen LogP contribution in [0.25, 0.3) is 0 Å². The molecule has 146 valence electrons. The van der Waals surface area contributed by atoms with Gasteiger partial charge in [-0.15, -0.1) is 0 Å². The van der Waals surface area contributed by atoms with Crippen molar-refractivity contribution in [2.24, 2.45) is 7.05 Å². The molecule has 0 saturated heterocycles. The van der Waals surface area contributed by atoms with E-state index in [4.69, 9.17) is 21.1 Å². The van der Waals surface area contributed by atoms with Crippen molar-refractivity contribution in [3.05, 3.63) is 75.7 Å². The number of benzene rings is 2. The molecule has 0 saturated carbocycles. The Bertz CT molecular complexity index is 977. The first-order valence-corrected chi connectivity index (χ1v) is 9.64. The quantitative estimate of drug-likeness (QED) is 0.571. The minimum Gasteiger partial charge on any atom is -0.496 e. The van der Waals surface area contributed by atoms with E-state index in [0.29, 0.717) is 22.3 Å². The Labute approximate surface area is 176 Å². The average molecular weight is 465 g/mol. The fourth-order valence-corrected chi connectivity index (χ4v) is 3.51. The molecular formula is C20H19BrClN3O3. The standard InChI is InChI=1S/C20H19BrClN3O3/c1-25-10-9-23-20(25)19(14-5-3-4-6-16(14)27-2)24-18(26)12-28-17-8-7-13(21)11-15(17)22/h3-11,19H,12H2,1-2H3,(H,24,26). The van der Waals surface area contributed by atoms with Crippen LogP contribution < -0.4 is 14.8 Å². The van der Waals surface area contributed by atoms with Crippen LogP contribution in [0.4, 0.5) is 0 Å². The lowest BCUT2D eigenvalue weighted by Crippen LogP contribution is -2.34. The van der Waals surface area contributed by atoms with Gasteiger partial charge >= 0.3 is 0 Å². The highest BCUT2D eigenvalue weighted by molar-refractivity contribution is 9.10. The van der Waals surface area contributed by atoms with E-state index >= 15 is 0 Å². The topological polar surface area (TPSA) is 65.4 Å². The lowest BCUT2D eigenvalue weighted by atomic mass is 10.0. The molecule has 0 bridgehead atoms. The third-order valence-electron chi connectivity index (χ3n) is 4.12. The lowest BCUT2D eigenvalue weighted by molar-refractivity contribution is -0.123. The first-order valence-electron chi connectivity index (χ1n) is 8.47. The van der Waals surface area contributed by atoms with Crippen LogP contribution in [0.15, 0.2) is 59.3 Å². The highest BCUT2D eigenvalue weighted by Crippen LogP contribution is 2.30. The van der Waals surface area contributed by atoms with Crippen molar-refractivity contribution < 1.29 is 14.3 Å². The van der Waals surface area contributed by atoms with Crippen molar-refractivity contribution in [2.45, 2.75) is 6.04 Å². The number of aromatic nitrogens is 2. The monoisotopic (exact) mass is 463 g/mol. The van der Waals surface area contributed by atoms with Gasteiger partial charge in [0.15, 0.2) is 6.61 Å². The third-order valence-corrected chi connectivity index (χ3v) is 4.91. The second kappa shape index (κ2) is 9.12. The second-order valence-electron chi connectivity index (χ2n) is 6.00. The smallest absolute Gasteiger partial charge is 0.258 e. The number of imidazole rings is 1. The van der Waals surface area contributed by atoms with Crippen molar-refractivity contribution in [2.75, 3.05) is 13.7 Å². The van der Waals surface area contributed by atoms with Crippen LogP contribution in [0.2, 0.25) is 5.02 Å². The van der Waals surface area contributed by atoms with E-state index < -0.39 is 6.04 Å². The number of hydrogen-bond donors (Lipinski definition) is 1. The van der Waals surface area contributed by atoms with Crippen molar-refractivity contribution in [3.8, 4) is 11.5 Å². The van der Waals surface area contributed by atoms with Crippen LogP contribution in [0.1, 0.15) is 17.4 Å². The van der Waals surface area contributed by atoms with Crippen LogP contribution in [-0.4, -0.2) is 29.2 Å². The van der Waals surface area contributed by atoms with Crippen LogP contribution in [0.5, 0.6) is 11.5 Å². The normalized spacial score (nSPS) is 11.7. The van der Waals surface area contributed by atoms with Crippen LogP contribution in [-0.2, 0) is 11.8 Å². The van der Waals surface area contributed by atoms with Crippen molar-refractivity contribution in [1.82, 2.24) is 14.9 Å². The summed E-state index contributed by atoms with van der Waals surface area (Å²) in [5.74, 6) is 1.47. The van der Waals surface area contributed by atoms with Gasteiger partial charge in [-0.25, -0.2) is 4.98 Å². The van der Waals surface area contributed by atoms with E-state index in [2.05, 4.69) is 26.2 Å². The Hall–Kier alpha value is -2.51. The molecule has 0 aliphatic heterocycles. The zero-order chi connectivity index (χ0) is 20.1. The van der Waals surface area contributed by atoms with Gasteiger partial charge in [0, 0.05) is 29.5 Å². The zero-order valence-corrected chi connectivity index (χ0v) is 17.7. The molecular weight excluding hydrogens is 446 g/mol. The minimum absolute atomic E-state index is 0.183. The molecule has 1 heterocycles. The van der Waals surface area contributed by atoms with Gasteiger partial charge in [0.25, 0.3) is 5.91 Å². The summed E-state index contributed by atoms with van der Waals surface area (Å²) >= 11 is 9.48. The average Bonchev–Trinajstić information content (AvgIpc) is 3.11. The first kappa shape index (κ1) is 20.2. The van der Waals surface area contributed by atoms with Gasteiger partial charge in [0.1, 0.15) is 23.4 Å². The van der Waals surface area contributed by atoms with E-state index in [1.165, 1.54) is 0 Å². The molecule has 0 aliphatic carbocycles. The molecule has 3 rings (SSSR count). The van der Waals surface area contributed by atoms with E-state index in [1.54, 1.807) is 31.5 Å². The number of amides is 1. The van der Waals surface area contributed by atoms with Gasteiger partial charge < -0.3 is 19.4 Å². The molecule has 3 aromatic rings. The van der Waals surface area contributed by atoms with Crippen molar-refractivity contribution in [1.29, 1.82) is 0 Å². The Kier molecular flexibility index (Phi) is 6.59. The summed E-state index contributed by atoms with van der Waals surface area (Å²) in [6, 6.07) is 12.2. The summed E-state index contributed by atoms with van der Waals surface area (Å²) in [5.41, 5.74) is 0.800. The number of aryl methyl sites for hydroxylation is 1. The largest absolute Gasteiger partial charge is 0.496 e. The van der Waals surface area contributed by atoms with E-state index in [-0.39, 0.29) is 12.5 Å². The van der Waals surface area contributed by atoms with Gasteiger partial charge in [0.05, 0.1) is 12.1 Å². The van der Waals surface area contributed by atoms with E-state index in [1.807, 2.05) is 42.1 Å². The van der Waals surface area contributed by atoms with Crippen molar-refractivity contribution in [3.63, 3.8) is 0 Å². The number of carbonyl (C=O) groups is 1. The fraction of sp³-hybridized carbons (Fsp3) is 0.200. The van der Waals surface area contributed by atoms with Crippen LogP contribution >= 0.6 is 27.5 Å². The maximum absolute atomic E-state index is 12.6. The first-order chi connectivity index (χ1) is 13.5. The summed E-state index contributed by atoms with van der Waals surface area (Å²) in [6.07, 6.45) is 3.50. The molecule has 1 unspecified atom stereocenters. The molecule has 0 fully saturated rings. The lowest BCUT2D eigenvalue weighted by Gasteiger charge is -2.21. The highest BCUT2D eigenvalue weighted by Gasteiger charge is 2.24. The number of para-hydroxylation sites is 1. The molecule has 0 aliphatic rings. The fourth-order valence-electron chi connectivity index (χ4n) is 2.78. The summed E-state index contributed by atoms with van der Waals surface area (Å²) in [7, 11) is 3.46. The summed E-state index contributed by atoms with van der Waals surface area (Å²) in [5, 5.41) is 3.40. The van der Waals surface area contributed by atoms with Gasteiger partial charge in [-0.1, -0.05) is 45.7 Å². The Morgan fingerprint density at radius 1 is 1.29 bits per heavy atom. The number of ether oxygens (including phenoxy) is 2. The maximum Gasteiger partial charge on any atom is 0.258 e. The summed E-state index contributed by atoms with van der Waals surface area (Å²) < 4.78 is 13.7. The molecule has 1 amide bonds. The van der Waals surface area contributed by atoms with Gasteiger partial charge in [0.2, 0.25) is 0 Å². The molecule has 8 heteroatoms. The number of nitrogens with zero attached hydrogens (tertiary/aromatic N) is 2. The molecule has 0 radical (unpaired) electrons. The molecule has 2 aromatic carbocycles. The summed E-state index contributed by atoms with van der Waals surface area (Å²) in [4.78, 5) is 17.0. The molecule has 6 nitrogen and oxygen atoms in total. The number of rotatable bonds is 7. The highest BCUT2D eigenvalue weighted by atomic mass is 79.9. The maximum atomic E-state index is 12.6. The molecule has 1 aromatic heterocycles. The number of nitrogens with one attached hydrogen (secondary N) is 1. The van der Waals surface area contributed by atoms with Gasteiger partial charge in [-0.2, -0.15) is 0 Å². The van der Waals surface area contributed by atoms with Crippen LogP contribution in [0.3, 0.4) is 0 Å². The predicted molar refractivity (Wildman–Crippen MR) is 111 cm³/mol. The number of methoxy groups -OCH3 is 1. The summed E-state index contributed by atoms with van der Waals surface area (Å²) in [6.45, 7) is -0.183. The predicted octanol–water partition coefficient (Wildman–Crippen LogP) is 4.13. The second-order valence-corrected chi connectivity index (χ2v) is 7.33. The van der Waals surface area contributed by atoms with Crippen LogP contribution in [0, 0.1) is 0 Å². The van der Waals surface area contributed by atoms with Gasteiger partial charge in [-0.05, 0) is 24.3 Å². The third kappa shape index (κ3) is 4.66. The molecule has 0 spiro atoms. The SMILES string of the molecule is COc1ccccc1C(NC(=O)COc1ccc(Br)cc1Cl)c1nccn1C. The zero-order valence-electron chi connectivity index (χ0n) is 15.4. The Balaban J connectivity index is 1.80. The Morgan fingerprint density at radius 3 is 2.75 bits per heavy atom. The molecule has 1 atom stereocenters. The number of hydrogen-bond acceptors (Lipinski definition) is 4.